The summed E-state index contributed by atoms with van der Waals surface area (Å²) in [5.41, 5.74) is 5.25. The first-order valence-corrected chi connectivity index (χ1v) is 6.05. The molecule has 0 saturated heterocycles. The van der Waals surface area contributed by atoms with E-state index < -0.39 is 0 Å². The molecule has 0 saturated carbocycles. The topological polar surface area (TPSA) is 54.3 Å². The van der Waals surface area contributed by atoms with E-state index in [4.69, 9.17) is 14.8 Å². The summed E-state index contributed by atoms with van der Waals surface area (Å²) in [4.78, 5) is 4.91. The molecule has 100 valence electrons. The smallest absolute Gasteiger partial charge is 0.213 e. The summed E-state index contributed by atoms with van der Waals surface area (Å²) in [6.07, 6.45) is 1.43. The number of nitrogens with one attached hydrogen (secondary N) is 1. The van der Waals surface area contributed by atoms with Crippen molar-refractivity contribution in [2.45, 2.75) is 0 Å². The van der Waals surface area contributed by atoms with Crippen LogP contribution in [-0.4, -0.2) is 6.79 Å². The summed E-state index contributed by atoms with van der Waals surface area (Å²) in [6.45, 7) is 3.55. The fourth-order valence-electron chi connectivity index (χ4n) is 1.67. The van der Waals surface area contributed by atoms with Gasteiger partial charge < -0.3 is 4.74 Å². The quantitative estimate of drug-likeness (QED) is 0.495. The van der Waals surface area contributed by atoms with E-state index in [2.05, 4.69) is 18.1 Å². The summed E-state index contributed by atoms with van der Waals surface area (Å²) < 4.78 is 5.36. The molecule has 0 bridgehead atoms. The number of benzene rings is 2. The molecule has 0 heterocycles. The predicted molar refractivity (Wildman–Crippen MR) is 76.5 cm³/mol. The highest BCUT2D eigenvalue weighted by molar-refractivity contribution is 5.64. The van der Waals surface area contributed by atoms with E-state index in [-0.39, 0.29) is 6.79 Å². The number of ether oxygens (including phenoxy) is 1. The lowest BCUT2D eigenvalue weighted by Gasteiger charge is -2.07. The zero-order valence-electron chi connectivity index (χ0n) is 10.9. The van der Waals surface area contributed by atoms with Crippen molar-refractivity contribution in [1.29, 1.82) is 5.26 Å². The number of hydrogen-bond donors (Lipinski definition) is 1. The molecule has 0 aliphatic carbocycles. The Kier molecular flexibility index (Phi) is 4.76. The van der Waals surface area contributed by atoms with Crippen LogP contribution in [0.15, 0.2) is 61.3 Å². The molecule has 2 aromatic carbocycles. The van der Waals surface area contributed by atoms with Crippen LogP contribution in [0.4, 0.5) is 0 Å². The van der Waals surface area contributed by atoms with E-state index in [9.17, 15) is 0 Å². The van der Waals surface area contributed by atoms with Gasteiger partial charge in [-0.2, -0.15) is 5.26 Å². The van der Waals surface area contributed by atoms with Crippen molar-refractivity contribution in [3.05, 3.63) is 66.9 Å². The molecule has 4 nitrogen and oxygen atoms in total. The molecule has 0 atom stereocenters. The number of nitriles is 1. The zero-order chi connectivity index (χ0) is 14.2. The van der Waals surface area contributed by atoms with Crippen LogP contribution in [0, 0.1) is 11.3 Å². The van der Waals surface area contributed by atoms with E-state index in [1.807, 2.05) is 36.4 Å². The lowest BCUT2D eigenvalue weighted by Crippen LogP contribution is -2.11. The molecule has 2 aromatic rings. The van der Waals surface area contributed by atoms with Crippen LogP contribution in [-0.2, 0) is 4.84 Å². The van der Waals surface area contributed by atoms with Gasteiger partial charge in [0.1, 0.15) is 5.75 Å². The van der Waals surface area contributed by atoms with Crippen molar-refractivity contribution in [2.75, 3.05) is 6.79 Å². The third-order valence-electron chi connectivity index (χ3n) is 2.65. The highest BCUT2D eigenvalue weighted by Gasteiger charge is 1.99. The Bertz CT molecular complexity index is 598. The molecule has 20 heavy (non-hydrogen) atoms. The van der Waals surface area contributed by atoms with Gasteiger partial charge in [0.05, 0.1) is 11.6 Å². The van der Waals surface area contributed by atoms with Gasteiger partial charge in [0.2, 0.25) is 6.79 Å². The van der Waals surface area contributed by atoms with Crippen molar-refractivity contribution < 1.29 is 9.57 Å². The molecule has 0 fully saturated rings. The second-order valence-electron chi connectivity index (χ2n) is 3.94. The largest absolute Gasteiger partial charge is 0.465 e. The molecule has 4 heteroatoms. The first kappa shape index (κ1) is 13.7. The van der Waals surface area contributed by atoms with Gasteiger partial charge in [-0.3, -0.25) is 5.48 Å². The summed E-state index contributed by atoms with van der Waals surface area (Å²) in [5, 5.41) is 8.77. The third-order valence-corrected chi connectivity index (χ3v) is 2.65. The molecule has 0 aliphatic heterocycles. The van der Waals surface area contributed by atoms with Gasteiger partial charge in [0.25, 0.3) is 0 Å². The van der Waals surface area contributed by atoms with E-state index in [0.717, 1.165) is 11.1 Å². The van der Waals surface area contributed by atoms with Crippen LogP contribution in [0.5, 0.6) is 5.75 Å². The Balaban J connectivity index is 2.00. The minimum atomic E-state index is 0.0994. The van der Waals surface area contributed by atoms with Crippen molar-refractivity contribution >= 4 is 0 Å². The maximum Gasteiger partial charge on any atom is 0.213 e. The lowest BCUT2D eigenvalue weighted by atomic mass is 10.0. The second-order valence-corrected chi connectivity index (χ2v) is 3.94. The normalized spacial score (nSPS) is 9.55. The summed E-state index contributed by atoms with van der Waals surface area (Å²) in [5.74, 6) is 0.716. The van der Waals surface area contributed by atoms with Crippen LogP contribution in [0.1, 0.15) is 5.56 Å². The van der Waals surface area contributed by atoms with Gasteiger partial charge in [-0.15, -0.1) is 0 Å². The summed E-state index contributed by atoms with van der Waals surface area (Å²) in [6, 6.07) is 17.2. The summed E-state index contributed by atoms with van der Waals surface area (Å²) >= 11 is 0. The van der Waals surface area contributed by atoms with Crippen molar-refractivity contribution in [1.82, 2.24) is 5.48 Å². The zero-order valence-corrected chi connectivity index (χ0v) is 10.9. The SMILES string of the molecule is C=CNOCOc1ccc(-c2ccc(C#N)cc2)cc1. The first-order chi connectivity index (χ1) is 9.83. The van der Waals surface area contributed by atoms with Gasteiger partial charge in [0, 0.05) is 6.20 Å². The van der Waals surface area contributed by atoms with Crippen molar-refractivity contribution in [3.8, 4) is 22.9 Å². The van der Waals surface area contributed by atoms with Gasteiger partial charge >= 0.3 is 0 Å². The Morgan fingerprint density at radius 2 is 1.65 bits per heavy atom. The Hall–Kier alpha value is -2.77. The fourth-order valence-corrected chi connectivity index (χ4v) is 1.67. The number of rotatable bonds is 6. The van der Waals surface area contributed by atoms with Crippen molar-refractivity contribution in [3.63, 3.8) is 0 Å². The molecule has 2 rings (SSSR count). The Morgan fingerprint density at radius 1 is 1.05 bits per heavy atom. The highest BCUT2D eigenvalue weighted by Crippen LogP contribution is 2.22. The second kappa shape index (κ2) is 6.98. The number of hydrogen-bond acceptors (Lipinski definition) is 4. The third kappa shape index (κ3) is 3.61. The Morgan fingerprint density at radius 3 is 2.20 bits per heavy atom. The molecular formula is C16H14N2O2. The highest BCUT2D eigenvalue weighted by atomic mass is 16.8. The Labute approximate surface area is 117 Å². The molecule has 0 aliphatic rings. The average molecular weight is 266 g/mol. The van der Waals surface area contributed by atoms with Crippen LogP contribution in [0.2, 0.25) is 0 Å². The molecule has 0 spiro atoms. The summed E-state index contributed by atoms with van der Waals surface area (Å²) in [7, 11) is 0. The van der Waals surface area contributed by atoms with Crippen LogP contribution in [0.3, 0.4) is 0 Å². The van der Waals surface area contributed by atoms with E-state index >= 15 is 0 Å². The average Bonchev–Trinajstić information content (AvgIpc) is 2.52. The lowest BCUT2D eigenvalue weighted by molar-refractivity contribution is -0.0279. The maximum absolute atomic E-state index is 8.77. The number of hydroxylamine groups is 1. The van der Waals surface area contributed by atoms with E-state index in [0.29, 0.717) is 11.3 Å². The van der Waals surface area contributed by atoms with Gasteiger partial charge in [-0.25, -0.2) is 4.84 Å². The standard InChI is InChI=1S/C16H14N2O2/c1-2-18-20-12-19-16-9-7-15(8-10-16)14-5-3-13(11-17)4-6-14/h2-10,18H,1,12H2. The van der Waals surface area contributed by atoms with Gasteiger partial charge in [0.15, 0.2) is 0 Å². The molecule has 0 amide bonds. The minimum absolute atomic E-state index is 0.0994. The first-order valence-electron chi connectivity index (χ1n) is 6.05. The van der Waals surface area contributed by atoms with Crippen LogP contribution in [0.25, 0.3) is 11.1 Å². The fraction of sp³-hybridized carbons (Fsp3) is 0.0625. The van der Waals surface area contributed by atoms with Crippen molar-refractivity contribution in [2.24, 2.45) is 0 Å². The van der Waals surface area contributed by atoms with Crippen LogP contribution >= 0.6 is 0 Å². The minimum Gasteiger partial charge on any atom is -0.465 e. The molecule has 0 aromatic heterocycles. The predicted octanol–water partition coefficient (Wildman–Crippen LogP) is 3.23. The molecule has 1 N–H and O–H groups in total. The molecular weight excluding hydrogens is 252 g/mol. The molecule has 0 unspecified atom stereocenters. The van der Waals surface area contributed by atoms with E-state index in [1.165, 1.54) is 6.20 Å². The molecule has 0 radical (unpaired) electrons. The van der Waals surface area contributed by atoms with Gasteiger partial charge in [-0.05, 0) is 35.4 Å². The monoisotopic (exact) mass is 266 g/mol. The van der Waals surface area contributed by atoms with Crippen LogP contribution < -0.4 is 10.2 Å². The maximum atomic E-state index is 8.77. The van der Waals surface area contributed by atoms with Gasteiger partial charge in [-0.1, -0.05) is 30.8 Å². The van der Waals surface area contributed by atoms with E-state index in [1.54, 1.807) is 12.1 Å². The number of nitrogens with zero attached hydrogens (tertiary/aromatic N) is 1.